The third kappa shape index (κ3) is 2.73. The Bertz CT molecular complexity index is 193. The lowest BCUT2D eigenvalue weighted by Crippen LogP contribution is -2.61. The standard InChI is InChI=1S/C13H26N2/c1-13(2)11-14-9-10-15(13)12-7-5-3-4-6-8-12/h12,14H,3-11H2,1-2H3. The van der Waals surface area contributed by atoms with Gasteiger partial charge in [-0.1, -0.05) is 25.7 Å². The summed E-state index contributed by atoms with van der Waals surface area (Å²) >= 11 is 0. The molecule has 0 radical (unpaired) electrons. The molecule has 0 atom stereocenters. The van der Waals surface area contributed by atoms with Crippen LogP contribution in [0.3, 0.4) is 0 Å². The molecule has 2 rings (SSSR count). The fourth-order valence-corrected chi connectivity index (χ4v) is 3.24. The predicted octanol–water partition coefficient (Wildman–Crippen LogP) is 2.39. The smallest absolute Gasteiger partial charge is 0.0281 e. The van der Waals surface area contributed by atoms with Crippen LogP contribution in [0.2, 0.25) is 0 Å². The van der Waals surface area contributed by atoms with E-state index in [1.54, 1.807) is 0 Å². The van der Waals surface area contributed by atoms with Crippen molar-refractivity contribution in [2.75, 3.05) is 19.6 Å². The number of hydrogen-bond donors (Lipinski definition) is 1. The van der Waals surface area contributed by atoms with Gasteiger partial charge in [-0.2, -0.15) is 0 Å². The quantitative estimate of drug-likeness (QED) is 0.669. The summed E-state index contributed by atoms with van der Waals surface area (Å²) in [5, 5.41) is 3.52. The molecule has 0 unspecified atom stereocenters. The molecule has 1 saturated heterocycles. The molecular weight excluding hydrogens is 184 g/mol. The second-order valence-electron chi connectivity index (χ2n) is 5.83. The van der Waals surface area contributed by atoms with Crippen LogP contribution in [-0.4, -0.2) is 36.1 Å². The van der Waals surface area contributed by atoms with Crippen molar-refractivity contribution >= 4 is 0 Å². The van der Waals surface area contributed by atoms with Crippen molar-refractivity contribution in [3.05, 3.63) is 0 Å². The Hall–Kier alpha value is -0.0800. The second-order valence-corrected chi connectivity index (χ2v) is 5.83. The lowest BCUT2D eigenvalue weighted by Gasteiger charge is -2.47. The first-order chi connectivity index (χ1) is 7.20. The van der Waals surface area contributed by atoms with E-state index in [9.17, 15) is 0 Å². The van der Waals surface area contributed by atoms with Crippen LogP contribution < -0.4 is 5.32 Å². The van der Waals surface area contributed by atoms with Crippen molar-refractivity contribution in [2.45, 2.75) is 64.0 Å². The van der Waals surface area contributed by atoms with Crippen molar-refractivity contribution in [1.29, 1.82) is 0 Å². The Morgan fingerprint density at radius 1 is 1.07 bits per heavy atom. The van der Waals surface area contributed by atoms with Crippen molar-refractivity contribution in [2.24, 2.45) is 0 Å². The van der Waals surface area contributed by atoms with Crippen LogP contribution in [0.5, 0.6) is 0 Å². The van der Waals surface area contributed by atoms with E-state index in [2.05, 4.69) is 24.1 Å². The van der Waals surface area contributed by atoms with E-state index in [0.717, 1.165) is 12.6 Å². The predicted molar refractivity (Wildman–Crippen MR) is 65.1 cm³/mol. The molecule has 1 aliphatic heterocycles. The third-order valence-electron chi connectivity index (χ3n) is 4.13. The van der Waals surface area contributed by atoms with Gasteiger partial charge in [-0.25, -0.2) is 0 Å². The van der Waals surface area contributed by atoms with Crippen molar-refractivity contribution in [3.8, 4) is 0 Å². The Labute approximate surface area is 94.4 Å². The minimum absolute atomic E-state index is 0.368. The lowest BCUT2D eigenvalue weighted by atomic mass is 9.94. The number of nitrogens with one attached hydrogen (secondary N) is 1. The highest BCUT2D eigenvalue weighted by molar-refractivity contribution is 4.92. The number of rotatable bonds is 1. The highest BCUT2D eigenvalue weighted by Crippen LogP contribution is 2.28. The van der Waals surface area contributed by atoms with E-state index in [4.69, 9.17) is 0 Å². The summed E-state index contributed by atoms with van der Waals surface area (Å²) in [6, 6.07) is 0.865. The van der Waals surface area contributed by atoms with Crippen LogP contribution in [0, 0.1) is 0 Å². The molecule has 1 heterocycles. The summed E-state index contributed by atoms with van der Waals surface area (Å²) in [5.74, 6) is 0. The maximum absolute atomic E-state index is 3.52. The number of hydrogen-bond acceptors (Lipinski definition) is 2. The summed E-state index contributed by atoms with van der Waals surface area (Å²) in [6.07, 6.45) is 8.69. The molecule has 1 aliphatic carbocycles. The van der Waals surface area contributed by atoms with E-state index in [1.807, 2.05) is 0 Å². The average molecular weight is 210 g/mol. The van der Waals surface area contributed by atoms with Crippen molar-refractivity contribution in [3.63, 3.8) is 0 Å². The van der Waals surface area contributed by atoms with Crippen LogP contribution in [0.4, 0.5) is 0 Å². The molecule has 1 N–H and O–H groups in total. The molecule has 2 heteroatoms. The van der Waals surface area contributed by atoms with E-state index in [0.29, 0.717) is 5.54 Å². The lowest BCUT2D eigenvalue weighted by molar-refractivity contribution is 0.0381. The maximum Gasteiger partial charge on any atom is 0.0281 e. The second kappa shape index (κ2) is 4.84. The summed E-state index contributed by atoms with van der Waals surface area (Å²) in [5.41, 5.74) is 0.368. The van der Waals surface area contributed by atoms with E-state index >= 15 is 0 Å². The van der Waals surface area contributed by atoms with Crippen LogP contribution in [0.1, 0.15) is 52.4 Å². The van der Waals surface area contributed by atoms with Crippen LogP contribution in [-0.2, 0) is 0 Å². The summed E-state index contributed by atoms with van der Waals surface area (Å²) in [7, 11) is 0. The molecule has 2 nitrogen and oxygen atoms in total. The minimum Gasteiger partial charge on any atom is -0.314 e. The first kappa shape index (κ1) is 11.4. The monoisotopic (exact) mass is 210 g/mol. The number of nitrogens with zero attached hydrogens (tertiary/aromatic N) is 1. The SMILES string of the molecule is CC1(C)CNCCN1C1CCCCCC1. The Morgan fingerprint density at radius 2 is 1.73 bits per heavy atom. The zero-order chi connectivity index (χ0) is 10.7. The van der Waals surface area contributed by atoms with Gasteiger partial charge in [0.25, 0.3) is 0 Å². The molecule has 1 saturated carbocycles. The normalized spacial score (nSPS) is 30.0. The fourth-order valence-electron chi connectivity index (χ4n) is 3.24. The Morgan fingerprint density at radius 3 is 2.33 bits per heavy atom. The number of piperazine rings is 1. The van der Waals surface area contributed by atoms with Crippen LogP contribution >= 0.6 is 0 Å². The fraction of sp³-hybridized carbons (Fsp3) is 1.00. The third-order valence-corrected chi connectivity index (χ3v) is 4.13. The average Bonchev–Trinajstić information content (AvgIpc) is 2.45. The van der Waals surface area contributed by atoms with Gasteiger partial charge in [0.15, 0.2) is 0 Å². The van der Waals surface area contributed by atoms with Crippen LogP contribution in [0.15, 0.2) is 0 Å². The maximum atomic E-state index is 3.52. The highest BCUT2D eigenvalue weighted by Gasteiger charge is 2.34. The molecule has 0 aromatic rings. The largest absolute Gasteiger partial charge is 0.314 e. The molecule has 2 aliphatic rings. The first-order valence-corrected chi connectivity index (χ1v) is 6.68. The molecule has 0 spiro atoms. The van der Waals surface area contributed by atoms with Crippen LogP contribution in [0.25, 0.3) is 0 Å². The van der Waals surface area contributed by atoms with Crippen molar-refractivity contribution in [1.82, 2.24) is 10.2 Å². The first-order valence-electron chi connectivity index (χ1n) is 6.68. The van der Waals surface area contributed by atoms with Gasteiger partial charge in [0.2, 0.25) is 0 Å². The summed E-state index contributed by atoms with van der Waals surface area (Å²) in [4.78, 5) is 2.77. The van der Waals surface area contributed by atoms with E-state index < -0.39 is 0 Å². The molecule has 15 heavy (non-hydrogen) atoms. The molecule has 0 bridgehead atoms. The zero-order valence-corrected chi connectivity index (χ0v) is 10.4. The molecule has 2 fully saturated rings. The van der Waals surface area contributed by atoms with Gasteiger partial charge < -0.3 is 5.32 Å². The topological polar surface area (TPSA) is 15.3 Å². The van der Waals surface area contributed by atoms with Gasteiger partial charge in [0.05, 0.1) is 0 Å². The van der Waals surface area contributed by atoms with Gasteiger partial charge >= 0.3 is 0 Å². The molecule has 88 valence electrons. The Kier molecular flexibility index (Phi) is 3.68. The van der Waals surface area contributed by atoms with Gasteiger partial charge in [0.1, 0.15) is 0 Å². The van der Waals surface area contributed by atoms with E-state index in [-0.39, 0.29) is 0 Å². The van der Waals surface area contributed by atoms with Crippen molar-refractivity contribution < 1.29 is 0 Å². The van der Waals surface area contributed by atoms with E-state index in [1.165, 1.54) is 51.6 Å². The van der Waals surface area contributed by atoms with Gasteiger partial charge in [-0.05, 0) is 26.7 Å². The Balaban J connectivity index is 1.99. The summed E-state index contributed by atoms with van der Waals surface area (Å²) in [6.45, 7) is 8.37. The van der Waals surface area contributed by atoms with Gasteiger partial charge in [-0.3, -0.25) is 4.90 Å². The summed E-state index contributed by atoms with van der Waals surface area (Å²) < 4.78 is 0. The molecule has 0 aromatic heterocycles. The molecule has 0 amide bonds. The zero-order valence-electron chi connectivity index (χ0n) is 10.4. The van der Waals surface area contributed by atoms with Gasteiger partial charge in [0, 0.05) is 31.2 Å². The minimum atomic E-state index is 0.368. The molecular formula is C13H26N2. The van der Waals surface area contributed by atoms with Gasteiger partial charge in [-0.15, -0.1) is 0 Å². The highest BCUT2D eigenvalue weighted by atomic mass is 15.3. The molecule has 0 aromatic carbocycles.